The summed E-state index contributed by atoms with van der Waals surface area (Å²) in [6, 6.07) is 1.51. The second kappa shape index (κ2) is 4.61. The first-order valence-corrected chi connectivity index (χ1v) is 6.05. The molecule has 2 rings (SSSR count). The van der Waals surface area contributed by atoms with Crippen molar-refractivity contribution < 1.29 is 14.3 Å². The van der Waals surface area contributed by atoms with Crippen LogP contribution in [0.1, 0.15) is 10.4 Å². The Hall–Kier alpha value is -0.780. The van der Waals surface area contributed by atoms with Gasteiger partial charge in [-0.2, -0.15) is 0 Å². The number of thiophene rings is 1. The Morgan fingerprint density at radius 1 is 1.56 bits per heavy atom. The Morgan fingerprint density at radius 3 is 2.81 bits per heavy atom. The van der Waals surface area contributed by atoms with E-state index in [0.29, 0.717) is 27.4 Å². The summed E-state index contributed by atoms with van der Waals surface area (Å²) in [6.07, 6.45) is -0.467. The van der Waals surface area contributed by atoms with Crippen LogP contribution in [0, 0.1) is 0 Å². The third kappa shape index (κ3) is 2.31. The molecular weight excluding hydrogens is 273 g/mol. The quantitative estimate of drug-likeness (QED) is 0.800. The largest absolute Gasteiger partial charge is 0.448 e. The number of ether oxygens (including phenoxy) is 1. The van der Waals surface area contributed by atoms with Gasteiger partial charge in [0.05, 0.1) is 23.0 Å². The molecule has 1 saturated heterocycles. The summed E-state index contributed by atoms with van der Waals surface area (Å²) >= 11 is 12.7. The maximum atomic E-state index is 11.8. The zero-order chi connectivity index (χ0) is 11.7. The van der Waals surface area contributed by atoms with Crippen molar-refractivity contribution in [3.8, 4) is 0 Å². The minimum absolute atomic E-state index is 0.0222. The predicted octanol–water partition coefficient (Wildman–Crippen LogP) is 2.69. The molecule has 0 spiro atoms. The van der Waals surface area contributed by atoms with Crippen molar-refractivity contribution in [2.45, 2.75) is 0 Å². The number of carbonyl (C=O) groups is 2. The molecule has 0 aromatic carbocycles. The fourth-order valence-corrected chi connectivity index (χ4v) is 2.86. The number of hydrogen-bond donors (Lipinski definition) is 0. The second-order valence-corrected chi connectivity index (χ2v) is 5.48. The Morgan fingerprint density at radius 2 is 2.31 bits per heavy atom. The minimum atomic E-state index is -0.467. The van der Waals surface area contributed by atoms with Gasteiger partial charge >= 0.3 is 6.09 Å². The van der Waals surface area contributed by atoms with E-state index in [9.17, 15) is 9.59 Å². The van der Waals surface area contributed by atoms with Gasteiger partial charge < -0.3 is 4.74 Å². The van der Waals surface area contributed by atoms with Crippen LogP contribution in [0.3, 0.4) is 0 Å². The molecule has 1 aromatic heterocycles. The van der Waals surface area contributed by atoms with Gasteiger partial charge in [0.1, 0.15) is 10.9 Å². The molecule has 0 aliphatic carbocycles. The monoisotopic (exact) mass is 279 g/mol. The van der Waals surface area contributed by atoms with Gasteiger partial charge in [-0.3, -0.25) is 9.69 Å². The SMILES string of the molecule is O=C(CN1CCOC1=O)c1cc(Cl)sc1Cl. The van der Waals surface area contributed by atoms with E-state index in [1.54, 1.807) is 0 Å². The molecule has 0 unspecified atom stereocenters. The van der Waals surface area contributed by atoms with Gasteiger partial charge in [-0.1, -0.05) is 23.2 Å². The Balaban J connectivity index is 2.08. The average molecular weight is 280 g/mol. The summed E-state index contributed by atoms with van der Waals surface area (Å²) in [5.74, 6) is -0.230. The van der Waals surface area contributed by atoms with Gasteiger partial charge in [-0.05, 0) is 6.07 Å². The summed E-state index contributed by atoms with van der Waals surface area (Å²) in [7, 11) is 0. The number of nitrogens with zero attached hydrogens (tertiary/aromatic N) is 1. The highest BCUT2D eigenvalue weighted by Crippen LogP contribution is 2.31. The molecule has 86 valence electrons. The van der Waals surface area contributed by atoms with Crippen LogP contribution >= 0.6 is 34.5 Å². The van der Waals surface area contributed by atoms with Gasteiger partial charge in [0.25, 0.3) is 0 Å². The van der Waals surface area contributed by atoms with E-state index in [4.69, 9.17) is 27.9 Å². The highest BCUT2D eigenvalue weighted by Gasteiger charge is 2.26. The van der Waals surface area contributed by atoms with Crippen LogP contribution in [0.15, 0.2) is 6.07 Å². The molecule has 0 atom stereocenters. The third-order valence-corrected chi connectivity index (χ3v) is 3.62. The van der Waals surface area contributed by atoms with Crippen molar-refractivity contribution in [1.82, 2.24) is 4.90 Å². The van der Waals surface area contributed by atoms with Crippen molar-refractivity contribution in [2.24, 2.45) is 0 Å². The molecule has 4 nitrogen and oxygen atoms in total. The van der Waals surface area contributed by atoms with Gasteiger partial charge in [-0.25, -0.2) is 4.79 Å². The summed E-state index contributed by atoms with van der Waals surface area (Å²) in [6.45, 7) is 0.732. The van der Waals surface area contributed by atoms with Gasteiger partial charge in [0, 0.05) is 0 Å². The van der Waals surface area contributed by atoms with Crippen molar-refractivity contribution in [2.75, 3.05) is 19.7 Å². The summed E-state index contributed by atoms with van der Waals surface area (Å²) < 4.78 is 5.52. The highest BCUT2D eigenvalue weighted by atomic mass is 35.5. The summed E-state index contributed by atoms with van der Waals surface area (Å²) in [4.78, 5) is 24.3. The minimum Gasteiger partial charge on any atom is -0.448 e. The molecular formula is C9H7Cl2NO3S. The fourth-order valence-electron chi connectivity index (χ4n) is 1.36. The number of amides is 1. The molecule has 0 bridgehead atoms. The van der Waals surface area contributed by atoms with Crippen molar-refractivity contribution >= 4 is 46.4 Å². The molecule has 1 aliphatic rings. The predicted molar refractivity (Wildman–Crippen MR) is 61.6 cm³/mol. The first kappa shape index (κ1) is 11.7. The first-order chi connectivity index (χ1) is 7.58. The Labute approximate surface area is 106 Å². The van der Waals surface area contributed by atoms with Crippen LogP contribution < -0.4 is 0 Å². The van der Waals surface area contributed by atoms with E-state index in [1.807, 2.05) is 0 Å². The van der Waals surface area contributed by atoms with Crippen molar-refractivity contribution in [3.63, 3.8) is 0 Å². The number of hydrogen-bond acceptors (Lipinski definition) is 4. The lowest BCUT2D eigenvalue weighted by Gasteiger charge is -2.10. The number of Topliss-reactive ketones (excluding diaryl/α,β-unsaturated/α-hetero) is 1. The second-order valence-electron chi connectivity index (χ2n) is 3.20. The lowest BCUT2D eigenvalue weighted by atomic mass is 10.2. The molecule has 2 heterocycles. The maximum Gasteiger partial charge on any atom is 0.410 e. The average Bonchev–Trinajstić information content (AvgIpc) is 2.74. The maximum absolute atomic E-state index is 11.8. The standard InChI is InChI=1S/C9H7Cl2NO3S/c10-7-3-5(8(11)16-7)6(13)4-12-1-2-15-9(12)14/h3H,1-2,4H2. The van der Waals surface area contributed by atoms with Crippen LogP contribution in [0.5, 0.6) is 0 Å². The molecule has 16 heavy (non-hydrogen) atoms. The van der Waals surface area contributed by atoms with E-state index in [0.717, 1.165) is 11.3 Å². The van der Waals surface area contributed by atoms with Gasteiger partial charge in [-0.15, -0.1) is 11.3 Å². The molecule has 1 fully saturated rings. The number of halogens is 2. The normalized spacial score (nSPS) is 15.4. The van der Waals surface area contributed by atoms with Crippen LogP contribution in [0.25, 0.3) is 0 Å². The lowest BCUT2D eigenvalue weighted by Crippen LogP contribution is -2.30. The van der Waals surface area contributed by atoms with Crippen LogP contribution in [0.2, 0.25) is 8.67 Å². The van der Waals surface area contributed by atoms with Crippen LogP contribution in [0.4, 0.5) is 4.79 Å². The Kier molecular flexibility index (Phi) is 3.37. The zero-order valence-electron chi connectivity index (χ0n) is 8.03. The van der Waals surface area contributed by atoms with E-state index in [1.165, 1.54) is 11.0 Å². The number of rotatable bonds is 3. The number of cyclic esters (lactones) is 1. The fraction of sp³-hybridized carbons (Fsp3) is 0.333. The zero-order valence-corrected chi connectivity index (χ0v) is 10.4. The summed E-state index contributed by atoms with van der Waals surface area (Å²) in [5.41, 5.74) is 0.358. The van der Waals surface area contributed by atoms with Crippen LogP contribution in [-0.4, -0.2) is 36.5 Å². The number of ketones is 1. The van der Waals surface area contributed by atoms with E-state index in [2.05, 4.69) is 0 Å². The number of carbonyl (C=O) groups excluding carboxylic acids is 2. The van der Waals surface area contributed by atoms with Crippen LogP contribution in [-0.2, 0) is 4.74 Å². The van der Waals surface area contributed by atoms with Crippen molar-refractivity contribution in [1.29, 1.82) is 0 Å². The summed E-state index contributed by atoms with van der Waals surface area (Å²) in [5, 5.41) is 0. The topological polar surface area (TPSA) is 46.6 Å². The molecule has 0 saturated carbocycles. The van der Waals surface area contributed by atoms with Gasteiger partial charge in [0.2, 0.25) is 0 Å². The third-order valence-electron chi connectivity index (χ3n) is 2.14. The van der Waals surface area contributed by atoms with Gasteiger partial charge in [0.15, 0.2) is 5.78 Å². The van der Waals surface area contributed by atoms with E-state index in [-0.39, 0.29) is 12.3 Å². The van der Waals surface area contributed by atoms with E-state index >= 15 is 0 Å². The molecule has 1 aromatic rings. The molecule has 7 heteroatoms. The molecule has 0 radical (unpaired) electrons. The Bertz CT molecular complexity index is 446. The molecule has 1 aliphatic heterocycles. The first-order valence-electron chi connectivity index (χ1n) is 4.47. The highest BCUT2D eigenvalue weighted by molar-refractivity contribution is 7.20. The molecule has 0 N–H and O–H groups in total. The smallest absolute Gasteiger partial charge is 0.410 e. The molecule has 1 amide bonds. The van der Waals surface area contributed by atoms with Crippen molar-refractivity contribution in [3.05, 3.63) is 20.3 Å². The van der Waals surface area contributed by atoms with E-state index < -0.39 is 6.09 Å². The lowest BCUT2D eigenvalue weighted by molar-refractivity contribution is 0.0944.